The maximum atomic E-state index is 12.4. The van der Waals surface area contributed by atoms with E-state index in [4.69, 9.17) is 0 Å². The van der Waals surface area contributed by atoms with Gasteiger partial charge >= 0.3 is 0 Å². The number of para-hydroxylation sites is 1. The molecular formula is C17H18N6O. The third-order valence-corrected chi connectivity index (χ3v) is 4.22. The predicted molar refractivity (Wildman–Crippen MR) is 92.1 cm³/mol. The first kappa shape index (κ1) is 14.6. The van der Waals surface area contributed by atoms with Gasteiger partial charge in [0.1, 0.15) is 0 Å². The number of H-pyrrole nitrogens is 1. The first-order valence-electron chi connectivity index (χ1n) is 8.13. The van der Waals surface area contributed by atoms with E-state index in [0.717, 1.165) is 29.9 Å². The molecule has 24 heavy (non-hydrogen) atoms. The van der Waals surface area contributed by atoms with Crippen LogP contribution in [0.4, 0.5) is 11.6 Å². The van der Waals surface area contributed by atoms with Crippen molar-refractivity contribution in [3.8, 4) is 0 Å². The SMILES string of the molecule is O=C(Nc1cnc(N2CCCCC2)nc1)c1n[nH]c2ccccc12. The van der Waals surface area contributed by atoms with Crippen molar-refractivity contribution >= 4 is 28.4 Å². The van der Waals surface area contributed by atoms with Gasteiger partial charge in [-0.3, -0.25) is 9.89 Å². The van der Waals surface area contributed by atoms with E-state index in [1.807, 2.05) is 24.3 Å². The zero-order valence-corrected chi connectivity index (χ0v) is 13.2. The Morgan fingerprint density at radius 2 is 1.83 bits per heavy atom. The van der Waals surface area contributed by atoms with Gasteiger partial charge < -0.3 is 10.2 Å². The number of carbonyl (C=O) groups excluding carboxylic acids is 1. The zero-order chi connectivity index (χ0) is 16.4. The lowest BCUT2D eigenvalue weighted by Gasteiger charge is -2.26. The van der Waals surface area contributed by atoms with Crippen LogP contribution in [0.15, 0.2) is 36.7 Å². The average Bonchev–Trinajstić information content (AvgIpc) is 3.07. The minimum absolute atomic E-state index is 0.276. The summed E-state index contributed by atoms with van der Waals surface area (Å²) >= 11 is 0. The number of piperidine rings is 1. The number of benzene rings is 1. The lowest BCUT2D eigenvalue weighted by atomic mass is 10.1. The molecule has 1 aliphatic rings. The second kappa shape index (κ2) is 6.27. The first-order chi connectivity index (χ1) is 11.8. The van der Waals surface area contributed by atoms with E-state index in [0.29, 0.717) is 11.4 Å². The molecule has 0 radical (unpaired) electrons. The van der Waals surface area contributed by atoms with Crippen molar-refractivity contribution < 1.29 is 4.79 Å². The molecule has 0 unspecified atom stereocenters. The molecule has 122 valence electrons. The summed E-state index contributed by atoms with van der Waals surface area (Å²) in [7, 11) is 0. The number of hydrogen-bond acceptors (Lipinski definition) is 5. The number of nitrogens with zero attached hydrogens (tertiary/aromatic N) is 4. The molecular weight excluding hydrogens is 304 g/mol. The van der Waals surface area contributed by atoms with Crippen molar-refractivity contribution in [1.29, 1.82) is 0 Å². The van der Waals surface area contributed by atoms with Crippen molar-refractivity contribution in [2.24, 2.45) is 0 Å². The zero-order valence-electron chi connectivity index (χ0n) is 13.2. The molecule has 0 spiro atoms. The summed E-state index contributed by atoms with van der Waals surface area (Å²) < 4.78 is 0. The lowest BCUT2D eigenvalue weighted by molar-refractivity contribution is 0.102. The minimum Gasteiger partial charge on any atom is -0.341 e. The fourth-order valence-corrected chi connectivity index (χ4v) is 2.97. The Bertz CT molecular complexity index is 851. The molecule has 4 rings (SSSR count). The second-order valence-corrected chi connectivity index (χ2v) is 5.89. The number of fused-ring (bicyclic) bond motifs is 1. The molecule has 1 aliphatic heterocycles. The third kappa shape index (κ3) is 2.80. The summed E-state index contributed by atoms with van der Waals surface area (Å²) in [5.41, 5.74) is 1.76. The van der Waals surface area contributed by atoms with E-state index in [1.54, 1.807) is 12.4 Å². The van der Waals surface area contributed by atoms with Crippen molar-refractivity contribution in [3.63, 3.8) is 0 Å². The fourth-order valence-electron chi connectivity index (χ4n) is 2.97. The van der Waals surface area contributed by atoms with Gasteiger partial charge in [-0.15, -0.1) is 0 Å². The van der Waals surface area contributed by atoms with Crippen molar-refractivity contribution in [2.45, 2.75) is 19.3 Å². The Labute approximate surface area is 139 Å². The van der Waals surface area contributed by atoms with E-state index >= 15 is 0 Å². The van der Waals surface area contributed by atoms with Crippen LogP contribution in [0.3, 0.4) is 0 Å². The number of nitrogens with one attached hydrogen (secondary N) is 2. The summed E-state index contributed by atoms with van der Waals surface area (Å²) in [5, 5.41) is 10.5. The van der Waals surface area contributed by atoms with Crippen LogP contribution in [0.1, 0.15) is 29.8 Å². The van der Waals surface area contributed by atoms with Crippen LogP contribution in [-0.4, -0.2) is 39.2 Å². The highest BCUT2D eigenvalue weighted by Crippen LogP contribution is 2.18. The number of aromatic nitrogens is 4. The molecule has 7 nitrogen and oxygen atoms in total. The Morgan fingerprint density at radius 3 is 2.62 bits per heavy atom. The maximum absolute atomic E-state index is 12.4. The molecule has 1 fully saturated rings. The van der Waals surface area contributed by atoms with Crippen molar-refractivity contribution in [3.05, 3.63) is 42.4 Å². The predicted octanol–water partition coefficient (Wildman–Crippen LogP) is 2.60. The van der Waals surface area contributed by atoms with E-state index in [2.05, 4.69) is 30.4 Å². The maximum Gasteiger partial charge on any atom is 0.276 e. The van der Waals surface area contributed by atoms with Crippen LogP contribution in [0.25, 0.3) is 10.9 Å². The Morgan fingerprint density at radius 1 is 1.08 bits per heavy atom. The highest BCUT2D eigenvalue weighted by atomic mass is 16.1. The van der Waals surface area contributed by atoms with Gasteiger partial charge in [0.25, 0.3) is 5.91 Å². The van der Waals surface area contributed by atoms with Crippen LogP contribution in [0.5, 0.6) is 0 Å². The van der Waals surface area contributed by atoms with Gasteiger partial charge in [0.2, 0.25) is 5.95 Å². The van der Waals surface area contributed by atoms with Gasteiger partial charge in [-0.25, -0.2) is 9.97 Å². The molecule has 2 N–H and O–H groups in total. The van der Waals surface area contributed by atoms with Crippen LogP contribution in [-0.2, 0) is 0 Å². The topological polar surface area (TPSA) is 86.8 Å². The fraction of sp³-hybridized carbons (Fsp3) is 0.294. The molecule has 2 aromatic heterocycles. The summed E-state index contributed by atoms with van der Waals surface area (Å²) in [5.74, 6) is 0.444. The van der Waals surface area contributed by atoms with Gasteiger partial charge in [0.05, 0.1) is 23.6 Å². The van der Waals surface area contributed by atoms with Gasteiger partial charge in [-0.2, -0.15) is 5.10 Å². The molecule has 3 heterocycles. The highest BCUT2D eigenvalue weighted by Gasteiger charge is 2.16. The molecule has 0 aliphatic carbocycles. The summed E-state index contributed by atoms with van der Waals surface area (Å²) in [6.07, 6.45) is 6.90. The third-order valence-electron chi connectivity index (χ3n) is 4.22. The van der Waals surface area contributed by atoms with Crippen LogP contribution >= 0.6 is 0 Å². The molecule has 0 bridgehead atoms. The quantitative estimate of drug-likeness (QED) is 0.774. The molecule has 0 atom stereocenters. The number of aromatic amines is 1. The second-order valence-electron chi connectivity index (χ2n) is 5.89. The number of amides is 1. The number of hydrogen-bond donors (Lipinski definition) is 2. The molecule has 7 heteroatoms. The van der Waals surface area contributed by atoms with Gasteiger partial charge in [-0.1, -0.05) is 18.2 Å². The molecule has 1 saturated heterocycles. The Hall–Kier alpha value is -2.96. The Balaban J connectivity index is 1.49. The van der Waals surface area contributed by atoms with Crippen LogP contribution < -0.4 is 10.2 Å². The van der Waals surface area contributed by atoms with Gasteiger partial charge in [-0.05, 0) is 25.3 Å². The average molecular weight is 322 g/mol. The lowest BCUT2D eigenvalue weighted by Crippen LogP contribution is -2.30. The largest absolute Gasteiger partial charge is 0.341 e. The van der Waals surface area contributed by atoms with Crippen molar-refractivity contribution in [2.75, 3.05) is 23.3 Å². The van der Waals surface area contributed by atoms with E-state index in [-0.39, 0.29) is 5.91 Å². The smallest absolute Gasteiger partial charge is 0.276 e. The standard InChI is InChI=1S/C17H18N6O/c24-16(15-13-6-2-3-7-14(13)21-22-15)20-12-10-18-17(19-11-12)23-8-4-1-5-9-23/h2-3,6-7,10-11H,1,4-5,8-9H2,(H,20,24)(H,21,22). The minimum atomic E-state index is -0.276. The number of rotatable bonds is 3. The monoisotopic (exact) mass is 322 g/mol. The molecule has 3 aromatic rings. The van der Waals surface area contributed by atoms with Gasteiger partial charge in [0.15, 0.2) is 5.69 Å². The summed E-state index contributed by atoms with van der Waals surface area (Å²) in [6, 6.07) is 7.53. The first-order valence-corrected chi connectivity index (χ1v) is 8.13. The van der Waals surface area contributed by atoms with E-state index in [1.165, 1.54) is 19.3 Å². The molecule has 1 aromatic carbocycles. The summed E-state index contributed by atoms with van der Waals surface area (Å²) in [4.78, 5) is 23.3. The Kier molecular flexibility index (Phi) is 3.82. The van der Waals surface area contributed by atoms with Crippen molar-refractivity contribution in [1.82, 2.24) is 20.2 Å². The number of carbonyl (C=O) groups is 1. The molecule has 1 amide bonds. The van der Waals surface area contributed by atoms with Crippen LogP contribution in [0.2, 0.25) is 0 Å². The van der Waals surface area contributed by atoms with Crippen LogP contribution in [0, 0.1) is 0 Å². The molecule has 0 saturated carbocycles. The van der Waals surface area contributed by atoms with E-state index < -0.39 is 0 Å². The summed E-state index contributed by atoms with van der Waals surface area (Å²) in [6.45, 7) is 1.98. The van der Waals surface area contributed by atoms with Gasteiger partial charge in [0, 0.05) is 18.5 Å². The number of anilines is 2. The highest BCUT2D eigenvalue weighted by molar-refractivity contribution is 6.10. The van der Waals surface area contributed by atoms with E-state index in [9.17, 15) is 4.79 Å². The normalized spacial score (nSPS) is 14.8.